The van der Waals surface area contributed by atoms with Crippen molar-refractivity contribution < 1.29 is 14.6 Å². The minimum atomic E-state index is -0.484. The lowest BCUT2D eigenvalue weighted by Crippen LogP contribution is -2.41. The number of carbonyl (C=O) groups is 1. The van der Waals surface area contributed by atoms with Crippen molar-refractivity contribution >= 4 is 29.3 Å². The van der Waals surface area contributed by atoms with Crippen LogP contribution in [0.15, 0.2) is 18.3 Å². The van der Waals surface area contributed by atoms with E-state index in [1.807, 2.05) is 27.0 Å². The molecule has 1 fully saturated rings. The number of aromatic hydroxyl groups is 1. The standard InChI is InChI=1S/C22H27Cl2N3O3/c1-22(2,3)30-21(29)26-8-6-13(7-9-26)16-11-25-18-10-14(12-27(16)18)19-17(28)5-4-15(23)20(19)24/h4-5,11,13-14,28H,6-10,12H2,1-3H3. The first-order valence-corrected chi connectivity index (χ1v) is 11.1. The monoisotopic (exact) mass is 451 g/mol. The fourth-order valence-corrected chi connectivity index (χ4v) is 4.93. The lowest BCUT2D eigenvalue weighted by Gasteiger charge is -2.33. The fraction of sp³-hybridized carbons (Fsp3) is 0.545. The van der Waals surface area contributed by atoms with Gasteiger partial charge < -0.3 is 19.3 Å². The molecule has 1 amide bonds. The van der Waals surface area contributed by atoms with Gasteiger partial charge in [-0.1, -0.05) is 23.2 Å². The van der Waals surface area contributed by atoms with Crippen molar-refractivity contribution in [2.75, 3.05) is 13.1 Å². The Morgan fingerprint density at radius 3 is 2.57 bits per heavy atom. The van der Waals surface area contributed by atoms with Crippen LogP contribution in [0.2, 0.25) is 10.0 Å². The Morgan fingerprint density at radius 1 is 1.20 bits per heavy atom. The number of aromatic nitrogens is 2. The van der Waals surface area contributed by atoms with E-state index in [0.717, 1.165) is 18.7 Å². The molecule has 8 heteroatoms. The summed E-state index contributed by atoms with van der Waals surface area (Å²) >= 11 is 12.6. The SMILES string of the molecule is CC(C)(C)OC(=O)N1CCC(c2cnc3n2CC(c2c(O)ccc(Cl)c2Cl)C3)CC1. The molecule has 2 aliphatic rings. The van der Waals surface area contributed by atoms with E-state index in [1.165, 1.54) is 5.69 Å². The van der Waals surface area contributed by atoms with E-state index in [9.17, 15) is 9.90 Å². The second-order valence-corrected chi connectivity index (χ2v) is 9.93. The summed E-state index contributed by atoms with van der Waals surface area (Å²) in [7, 11) is 0. The maximum absolute atomic E-state index is 12.3. The number of carbonyl (C=O) groups excluding carboxylic acids is 1. The highest BCUT2D eigenvalue weighted by Crippen LogP contribution is 2.43. The minimum absolute atomic E-state index is 0.0421. The number of hydrogen-bond acceptors (Lipinski definition) is 4. The van der Waals surface area contributed by atoms with Crippen LogP contribution in [0.4, 0.5) is 4.79 Å². The summed E-state index contributed by atoms with van der Waals surface area (Å²) in [6.07, 6.45) is 4.17. The number of hydrogen-bond donors (Lipinski definition) is 1. The lowest BCUT2D eigenvalue weighted by molar-refractivity contribution is 0.0203. The molecule has 2 aromatic rings. The molecule has 2 aliphatic heterocycles. The van der Waals surface area contributed by atoms with E-state index >= 15 is 0 Å². The maximum Gasteiger partial charge on any atom is 0.410 e. The number of halogens is 2. The summed E-state index contributed by atoms with van der Waals surface area (Å²) in [5.41, 5.74) is 1.40. The van der Waals surface area contributed by atoms with Gasteiger partial charge in [0.15, 0.2) is 0 Å². The second kappa shape index (κ2) is 7.97. The molecule has 30 heavy (non-hydrogen) atoms. The Morgan fingerprint density at radius 2 is 1.90 bits per heavy atom. The van der Waals surface area contributed by atoms with E-state index in [0.29, 0.717) is 47.6 Å². The zero-order chi connectivity index (χ0) is 21.6. The average Bonchev–Trinajstić information content (AvgIpc) is 3.24. The minimum Gasteiger partial charge on any atom is -0.508 e. The van der Waals surface area contributed by atoms with Gasteiger partial charge >= 0.3 is 6.09 Å². The molecule has 1 unspecified atom stereocenters. The van der Waals surface area contributed by atoms with Crippen molar-refractivity contribution in [1.29, 1.82) is 0 Å². The van der Waals surface area contributed by atoms with Gasteiger partial charge in [0.05, 0.1) is 10.0 Å². The van der Waals surface area contributed by atoms with Gasteiger partial charge in [-0.05, 0) is 45.7 Å². The Labute approximate surface area is 186 Å². The molecule has 1 saturated heterocycles. The number of fused-ring (bicyclic) bond motifs is 1. The van der Waals surface area contributed by atoms with Crippen LogP contribution < -0.4 is 0 Å². The highest BCUT2D eigenvalue weighted by Gasteiger charge is 2.34. The molecule has 0 bridgehead atoms. The predicted octanol–water partition coefficient (Wildman–Crippen LogP) is 5.35. The lowest BCUT2D eigenvalue weighted by atomic mass is 9.93. The molecular formula is C22H27Cl2N3O3. The summed E-state index contributed by atoms with van der Waals surface area (Å²) in [6, 6.07) is 3.21. The summed E-state index contributed by atoms with van der Waals surface area (Å²) < 4.78 is 7.74. The fourth-order valence-electron chi connectivity index (χ4n) is 4.46. The number of nitrogens with zero attached hydrogens (tertiary/aromatic N) is 3. The molecular weight excluding hydrogens is 425 g/mol. The second-order valence-electron chi connectivity index (χ2n) is 9.15. The molecule has 1 aromatic carbocycles. The largest absolute Gasteiger partial charge is 0.508 e. The van der Waals surface area contributed by atoms with Crippen LogP contribution in [0.3, 0.4) is 0 Å². The number of benzene rings is 1. The van der Waals surface area contributed by atoms with Crippen molar-refractivity contribution in [3.05, 3.63) is 45.5 Å². The number of rotatable bonds is 2. The van der Waals surface area contributed by atoms with Crippen molar-refractivity contribution in [3.63, 3.8) is 0 Å². The third-order valence-corrected chi connectivity index (χ3v) is 6.70. The predicted molar refractivity (Wildman–Crippen MR) is 117 cm³/mol. The molecule has 0 saturated carbocycles. The number of imidazole rings is 1. The van der Waals surface area contributed by atoms with Crippen LogP contribution in [0.25, 0.3) is 0 Å². The number of piperidine rings is 1. The van der Waals surface area contributed by atoms with E-state index in [2.05, 4.69) is 9.55 Å². The first-order valence-electron chi connectivity index (χ1n) is 10.3. The first-order chi connectivity index (χ1) is 14.1. The van der Waals surface area contributed by atoms with Crippen LogP contribution in [0.1, 0.15) is 62.5 Å². The van der Waals surface area contributed by atoms with Gasteiger partial charge in [0, 0.05) is 55.3 Å². The molecule has 1 atom stereocenters. The normalized spacial score (nSPS) is 19.8. The number of ether oxygens (including phenoxy) is 1. The van der Waals surface area contributed by atoms with Gasteiger partial charge in [0.2, 0.25) is 0 Å². The third kappa shape index (κ3) is 4.12. The van der Waals surface area contributed by atoms with Crippen LogP contribution in [-0.4, -0.2) is 44.3 Å². The number of phenols is 1. The molecule has 162 valence electrons. The number of likely N-dealkylation sites (tertiary alicyclic amines) is 1. The zero-order valence-corrected chi connectivity index (χ0v) is 19.0. The molecule has 4 rings (SSSR count). The molecule has 6 nitrogen and oxygen atoms in total. The van der Waals surface area contributed by atoms with Gasteiger partial charge in [-0.2, -0.15) is 0 Å². The van der Waals surface area contributed by atoms with Gasteiger partial charge in [0.1, 0.15) is 17.2 Å². The van der Waals surface area contributed by atoms with Crippen LogP contribution >= 0.6 is 23.2 Å². The van der Waals surface area contributed by atoms with Gasteiger partial charge in [0.25, 0.3) is 0 Å². The Balaban J connectivity index is 1.45. The molecule has 0 spiro atoms. The molecule has 0 radical (unpaired) electrons. The van der Waals surface area contributed by atoms with E-state index < -0.39 is 5.60 Å². The average molecular weight is 452 g/mol. The maximum atomic E-state index is 12.3. The van der Waals surface area contributed by atoms with Crippen molar-refractivity contribution in [2.45, 2.75) is 64.0 Å². The Hall–Kier alpha value is -1.92. The van der Waals surface area contributed by atoms with Crippen molar-refractivity contribution in [3.8, 4) is 5.75 Å². The third-order valence-electron chi connectivity index (χ3n) is 5.88. The van der Waals surface area contributed by atoms with E-state index in [1.54, 1.807) is 17.0 Å². The smallest absolute Gasteiger partial charge is 0.410 e. The van der Waals surface area contributed by atoms with Crippen molar-refractivity contribution in [2.24, 2.45) is 0 Å². The van der Waals surface area contributed by atoms with Crippen molar-refractivity contribution in [1.82, 2.24) is 14.5 Å². The van der Waals surface area contributed by atoms with E-state index in [-0.39, 0.29) is 17.8 Å². The highest BCUT2D eigenvalue weighted by molar-refractivity contribution is 6.42. The Bertz CT molecular complexity index is 959. The summed E-state index contributed by atoms with van der Waals surface area (Å²) in [5.74, 6) is 1.56. The van der Waals surface area contributed by atoms with Gasteiger partial charge in [-0.15, -0.1) is 0 Å². The number of phenolic OH excluding ortho intramolecular Hbond substituents is 1. The van der Waals surface area contributed by atoms with Crippen LogP contribution in [0, 0.1) is 0 Å². The summed E-state index contributed by atoms with van der Waals surface area (Å²) in [4.78, 5) is 18.7. The molecule has 1 N–H and O–H groups in total. The quantitative estimate of drug-likeness (QED) is 0.667. The van der Waals surface area contributed by atoms with E-state index in [4.69, 9.17) is 27.9 Å². The highest BCUT2D eigenvalue weighted by atomic mass is 35.5. The molecule has 0 aliphatic carbocycles. The van der Waals surface area contributed by atoms with Crippen LogP contribution in [-0.2, 0) is 17.7 Å². The van der Waals surface area contributed by atoms with Crippen LogP contribution in [0.5, 0.6) is 5.75 Å². The molecule has 1 aromatic heterocycles. The topological polar surface area (TPSA) is 67.6 Å². The number of amides is 1. The summed E-state index contributed by atoms with van der Waals surface area (Å²) in [5, 5.41) is 11.2. The first kappa shape index (κ1) is 21.3. The Kier molecular flexibility index (Phi) is 5.66. The van der Waals surface area contributed by atoms with Gasteiger partial charge in [-0.3, -0.25) is 0 Å². The zero-order valence-electron chi connectivity index (χ0n) is 17.5. The molecule has 3 heterocycles. The summed E-state index contributed by atoms with van der Waals surface area (Å²) in [6.45, 7) is 7.70. The van der Waals surface area contributed by atoms with Gasteiger partial charge in [-0.25, -0.2) is 9.78 Å².